The molecule has 0 spiro atoms. The average molecular weight is 258 g/mol. The van der Waals surface area contributed by atoms with E-state index in [-0.39, 0.29) is 25.3 Å². The van der Waals surface area contributed by atoms with Gasteiger partial charge in [0.2, 0.25) is 5.91 Å². The van der Waals surface area contributed by atoms with Crippen LogP contribution >= 0.6 is 0 Å². The molecule has 0 bridgehead atoms. The van der Waals surface area contributed by atoms with Crippen LogP contribution in [0.15, 0.2) is 24.3 Å². The van der Waals surface area contributed by atoms with E-state index >= 15 is 0 Å². The molecule has 1 rings (SSSR count). The lowest BCUT2D eigenvalue weighted by atomic mass is 10.1. The fraction of sp³-hybridized carbons (Fsp3) is 0.417. The summed E-state index contributed by atoms with van der Waals surface area (Å²) in [7, 11) is 0. The van der Waals surface area contributed by atoms with Gasteiger partial charge in [0, 0.05) is 13.1 Å². The second-order valence-corrected chi connectivity index (χ2v) is 3.87. The van der Waals surface area contributed by atoms with Crippen LogP contribution in [0, 0.1) is 0 Å². The average Bonchev–Trinajstić information content (AvgIpc) is 2.27. The molecular formula is C12H16F2N2O2. The highest BCUT2D eigenvalue weighted by atomic mass is 19.3. The Balaban J connectivity index is 2.66. The quantitative estimate of drug-likeness (QED) is 0.799. The zero-order chi connectivity index (χ0) is 13.5. The van der Waals surface area contributed by atoms with E-state index in [1.54, 1.807) is 12.1 Å². The second-order valence-electron chi connectivity index (χ2n) is 3.87. The van der Waals surface area contributed by atoms with E-state index < -0.39 is 18.9 Å². The van der Waals surface area contributed by atoms with Crippen LogP contribution in [0.25, 0.3) is 0 Å². The van der Waals surface area contributed by atoms with Crippen molar-refractivity contribution in [3.8, 4) is 5.75 Å². The van der Waals surface area contributed by atoms with E-state index in [9.17, 15) is 18.7 Å². The van der Waals surface area contributed by atoms with Gasteiger partial charge in [-0.05, 0) is 17.7 Å². The minimum Gasteiger partial charge on any atom is -0.508 e. The summed E-state index contributed by atoms with van der Waals surface area (Å²) >= 11 is 0. The van der Waals surface area contributed by atoms with Crippen LogP contribution in [0.5, 0.6) is 5.75 Å². The summed E-state index contributed by atoms with van der Waals surface area (Å²) < 4.78 is 24.6. The maximum absolute atomic E-state index is 12.3. The van der Waals surface area contributed by atoms with E-state index in [0.717, 1.165) is 4.90 Å². The number of benzene rings is 1. The van der Waals surface area contributed by atoms with Gasteiger partial charge in [-0.1, -0.05) is 12.1 Å². The van der Waals surface area contributed by atoms with Gasteiger partial charge in [0.15, 0.2) is 0 Å². The number of amides is 1. The predicted molar refractivity (Wildman–Crippen MR) is 63.4 cm³/mol. The van der Waals surface area contributed by atoms with Crippen molar-refractivity contribution >= 4 is 5.91 Å². The van der Waals surface area contributed by atoms with Gasteiger partial charge >= 0.3 is 0 Å². The molecule has 0 radical (unpaired) electrons. The molecule has 1 aromatic rings. The Labute approximate surface area is 104 Å². The summed E-state index contributed by atoms with van der Waals surface area (Å²) in [6.45, 7) is -0.380. The molecule has 0 atom stereocenters. The third-order valence-corrected chi connectivity index (χ3v) is 2.38. The first kappa shape index (κ1) is 14.4. The number of rotatable bonds is 6. The summed E-state index contributed by atoms with van der Waals surface area (Å²) in [5, 5.41) is 9.25. The standard InChI is InChI=1S/C12H16F2N2O2/c13-11(14)8-16(5-4-15)12(18)7-9-2-1-3-10(17)6-9/h1-3,6,11,17H,4-5,7-8,15H2. The van der Waals surface area contributed by atoms with Crippen molar-refractivity contribution in [3.05, 3.63) is 29.8 Å². The van der Waals surface area contributed by atoms with Crippen LogP contribution in [0.3, 0.4) is 0 Å². The van der Waals surface area contributed by atoms with E-state index in [4.69, 9.17) is 5.73 Å². The summed E-state index contributed by atoms with van der Waals surface area (Å²) in [6, 6.07) is 6.16. The third-order valence-electron chi connectivity index (χ3n) is 2.38. The Kier molecular flexibility index (Phi) is 5.51. The predicted octanol–water partition coefficient (Wildman–Crippen LogP) is 0.987. The van der Waals surface area contributed by atoms with Crippen molar-refractivity contribution in [2.24, 2.45) is 5.73 Å². The minimum absolute atomic E-state index is 0.0267. The van der Waals surface area contributed by atoms with Gasteiger partial charge in [0.1, 0.15) is 5.75 Å². The van der Waals surface area contributed by atoms with Crippen molar-refractivity contribution in [3.63, 3.8) is 0 Å². The highest BCUT2D eigenvalue weighted by Crippen LogP contribution is 2.12. The first-order chi connectivity index (χ1) is 8.52. The van der Waals surface area contributed by atoms with Gasteiger partial charge in [-0.3, -0.25) is 4.79 Å². The highest BCUT2D eigenvalue weighted by molar-refractivity contribution is 5.78. The third kappa shape index (κ3) is 4.67. The number of phenols is 1. The number of nitrogens with two attached hydrogens (primary N) is 1. The largest absolute Gasteiger partial charge is 0.508 e. The molecule has 0 saturated carbocycles. The zero-order valence-electron chi connectivity index (χ0n) is 9.85. The first-order valence-corrected chi connectivity index (χ1v) is 5.57. The lowest BCUT2D eigenvalue weighted by Gasteiger charge is -2.21. The molecule has 1 amide bonds. The Morgan fingerprint density at radius 2 is 2.17 bits per heavy atom. The number of carbonyl (C=O) groups is 1. The summed E-state index contributed by atoms with van der Waals surface area (Å²) in [5.41, 5.74) is 5.86. The summed E-state index contributed by atoms with van der Waals surface area (Å²) in [6.07, 6.45) is -2.61. The zero-order valence-corrected chi connectivity index (χ0v) is 9.85. The molecule has 0 aliphatic rings. The number of halogens is 2. The van der Waals surface area contributed by atoms with Gasteiger partial charge < -0.3 is 15.7 Å². The smallest absolute Gasteiger partial charge is 0.255 e. The Morgan fingerprint density at radius 3 is 2.72 bits per heavy atom. The molecule has 100 valence electrons. The first-order valence-electron chi connectivity index (χ1n) is 5.57. The molecule has 0 heterocycles. The van der Waals surface area contributed by atoms with Crippen molar-refractivity contribution in [2.45, 2.75) is 12.8 Å². The number of alkyl halides is 2. The Bertz CT molecular complexity index is 399. The van der Waals surface area contributed by atoms with Crippen molar-refractivity contribution in [2.75, 3.05) is 19.6 Å². The molecule has 0 aliphatic heterocycles. The van der Waals surface area contributed by atoms with Crippen LogP contribution in [-0.4, -0.2) is 42.0 Å². The lowest BCUT2D eigenvalue weighted by molar-refractivity contribution is -0.132. The van der Waals surface area contributed by atoms with E-state index in [1.165, 1.54) is 12.1 Å². The molecular weight excluding hydrogens is 242 g/mol. The van der Waals surface area contributed by atoms with Crippen LogP contribution in [0.1, 0.15) is 5.56 Å². The molecule has 18 heavy (non-hydrogen) atoms. The van der Waals surface area contributed by atoms with E-state index in [0.29, 0.717) is 5.56 Å². The highest BCUT2D eigenvalue weighted by Gasteiger charge is 2.17. The van der Waals surface area contributed by atoms with Crippen LogP contribution in [0.2, 0.25) is 0 Å². The van der Waals surface area contributed by atoms with E-state index in [2.05, 4.69) is 0 Å². The number of carbonyl (C=O) groups excluding carboxylic acids is 1. The molecule has 3 N–H and O–H groups in total. The van der Waals surface area contributed by atoms with Crippen molar-refractivity contribution in [1.82, 2.24) is 4.90 Å². The fourth-order valence-electron chi connectivity index (χ4n) is 1.59. The topological polar surface area (TPSA) is 66.6 Å². The normalized spacial score (nSPS) is 10.7. The number of hydrogen-bond donors (Lipinski definition) is 2. The van der Waals surface area contributed by atoms with Gasteiger partial charge in [-0.25, -0.2) is 8.78 Å². The van der Waals surface area contributed by atoms with Crippen molar-refractivity contribution < 1.29 is 18.7 Å². The van der Waals surface area contributed by atoms with Gasteiger partial charge in [0.25, 0.3) is 6.43 Å². The Morgan fingerprint density at radius 1 is 1.44 bits per heavy atom. The SMILES string of the molecule is NCCN(CC(F)F)C(=O)Cc1cccc(O)c1. The number of hydrogen-bond acceptors (Lipinski definition) is 3. The lowest BCUT2D eigenvalue weighted by Crippen LogP contribution is -2.39. The Hall–Kier alpha value is -1.69. The van der Waals surface area contributed by atoms with Gasteiger partial charge in [0.05, 0.1) is 13.0 Å². The van der Waals surface area contributed by atoms with Crippen LogP contribution in [-0.2, 0) is 11.2 Å². The summed E-state index contributed by atoms with van der Waals surface area (Å²) in [5.74, 6) is -0.383. The number of aromatic hydroxyl groups is 1. The molecule has 0 aromatic heterocycles. The number of nitrogens with zero attached hydrogens (tertiary/aromatic N) is 1. The summed E-state index contributed by atoms with van der Waals surface area (Å²) in [4.78, 5) is 12.8. The number of phenolic OH excluding ortho intramolecular Hbond substituents is 1. The van der Waals surface area contributed by atoms with Crippen LogP contribution < -0.4 is 5.73 Å². The minimum atomic E-state index is -2.58. The fourth-order valence-corrected chi connectivity index (χ4v) is 1.59. The molecule has 1 aromatic carbocycles. The van der Waals surface area contributed by atoms with Gasteiger partial charge in [-0.15, -0.1) is 0 Å². The molecule has 0 unspecified atom stereocenters. The molecule has 0 saturated heterocycles. The maximum Gasteiger partial charge on any atom is 0.255 e. The molecule has 6 heteroatoms. The molecule has 4 nitrogen and oxygen atoms in total. The van der Waals surface area contributed by atoms with Crippen LogP contribution in [0.4, 0.5) is 8.78 Å². The van der Waals surface area contributed by atoms with E-state index in [1.807, 2.05) is 0 Å². The van der Waals surface area contributed by atoms with Gasteiger partial charge in [-0.2, -0.15) is 0 Å². The van der Waals surface area contributed by atoms with Crippen molar-refractivity contribution in [1.29, 1.82) is 0 Å². The second kappa shape index (κ2) is 6.90. The molecule has 0 aliphatic carbocycles. The maximum atomic E-state index is 12.3. The monoisotopic (exact) mass is 258 g/mol. The molecule has 0 fully saturated rings.